The number of nitrogens with one attached hydrogen (secondary N) is 2. The Balaban J connectivity index is 1.48. The number of amides is 1. The second kappa shape index (κ2) is 11.6. The molecule has 4 rings (SSSR count). The zero-order valence-corrected chi connectivity index (χ0v) is 23.3. The monoisotopic (exact) mass is 549 g/mol. The zero-order valence-electron chi connectivity index (χ0n) is 22.5. The molecule has 0 radical (unpaired) electrons. The van der Waals surface area contributed by atoms with E-state index in [2.05, 4.69) is 31.4 Å². The van der Waals surface area contributed by atoms with Gasteiger partial charge in [-0.2, -0.15) is 4.31 Å². The van der Waals surface area contributed by atoms with Crippen LogP contribution < -0.4 is 10.6 Å². The molecule has 8 nitrogen and oxygen atoms in total. The Morgan fingerprint density at radius 2 is 1.69 bits per heavy atom. The van der Waals surface area contributed by atoms with E-state index in [4.69, 9.17) is 0 Å². The third-order valence-corrected chi connectivity index (χ3v) is 8.67. The van der Waals surface area contributed by atoms with E-state index in [0.29, 0.717) is 36.3 Å². The van der Waals surface area contributed by atoms with Crippen LogP contribution in [0.15, 0.2) is 72.8 Å². The highest BCUT2D eigenvalue weighted by Crippen LogP contribution is 2.27. The summed E-state index contributed by atoms with van der Waals surface area (Å²) >= 11 is 0. The number of carbonyl (C=O) groups excluding carboxylic acids is 1. The molecule has 1 amide bonds. The van der Waals surface area contributed by atoms with Crippen LogP contribution >= 0.6 is 0 Å². The van der Waals surface area contributed by atoms with Crippen molar-refractivity contribution in [1.82, 2.24) is 4.31 Å². The number of hydrogen-bond acceptors (Lipinski definition) is 5. The largest absolute Gasteiger partial charge is 0.478 e. The lowest BCUT2D eigenvalue weighted by Gasteiger charge is -2.33. The Bertz CT molecular complexity index is 1430. The van der Waals surface area contributed by atoms with E-state index in [9.17, 15) is 23.1 Å². The van der Waals surface area contributed by atoms with E-state index in [1.807, 2.05) is 30.3 Å². The van der Waals surface area contributed by atoms with Crippen LogP contribution in [-0.2, 0) is 21.2 Å². The van der Waals surface area contributed by atoms with Gasteiger partial charge in [0.1, 0.15) is 0 Å². The molecule has 0 saturated carbocycles. The average molecular weight is 550 g/mol. The minimum Gasteiger partial charge on any atom is -0.478 e. The van der Waals surface area contributed by atoms with Crippen LogP contribution in [0.1, 0.15) is 65.5 Å². The highest BCUT2D eigenvalue weighted by molar-refractivity contribution is 7.88. The molecule has 3 aromatic rings. The summed E-state index contributed by atoms with van der Waals surface area (Å²) in [5.74, 6) is -1.50. The van der Waals surface area contributed by atoms with Crippen molar-refractivity contribution in [3.8, 4) is 0 Å². The Kier molecular flexibility index (Phi) is 8.42. The van der Waals surface area contributed by atoms with Crippen LogP contribution in [0.4, 0.5) is 11.4 Å². The first-order valence-electron chi connectivity index (χ1n) is 13.0. The van der Waals surface area contributed by atoms with Gasteiger partial charge in [-0.25, -0.2) is 13.2 Å². The standard InChI is InChI=1S/C30H35N3O5S/c1-30(2,3)23-13-11-22(12-14-23)28(34)32-24-15-16-26(29(35)36)27(18-24)31-25-10-7-17-33(19-25)39(37,38)20-21-8-5-4-6-9-21/h4-6,8-9,11-16,18,25,31H,7,10,17,19-20H2,1-3H3,(H,32,34)(H,35,36). The molecule has 1 fully saturated rings. The Morgan fingerprint density at radius 3 is 2.33 bits per heavy atom. The molecule has 1 unspecified atom stereocenters. The fourth-order valence-electron chi connectivity index (χ4n) is 4.66. The summed E-state index contributed by atoms with van der Waals surface area (Å²) in [6.07, 6.45) is 1.34. The summed E-state index contributed by atoms with van der Waals surface area (Å²) in [6.45, 7) is 6.95. The van der Waals surface area contributed by atoms with Crippen molar-refractivity contribution in [3.63, 3.8) is 0 Å². The third-order valence-electron chi connectivity index (χ3n) is 6.85. The molecule has 39 heavy (non-hydrogen) atoms. The van der Waals surface area contributed by atoms with Crippen LogP contribution in [0, 0.1) is 0 Å². The number of benzene rings is 3. The summed E-state index contributed by atoms with van der Waals surface area (Å²) in [5.41, 5.74) is 3.11. The predicted octanol–water partition coefficient (Wildman–Crippen LogP) is 5.34. The second-order valence-corrected chi connectivity index (χ2v) is 12.9. The van der Waals surface area contributed by atoms with Crippen molar-refractivity contribution in [2.24, 2.45) is 0 Å². The van der Waals surface area contributed by atoms with E-state index >= 15 is 0 Å². The smallest absolute Gasteiger partial charge is 0.337 e. The summed E-state index contributed by atoms with van der Waals surface area (Å²) in [5, 5.41) is 15.8. The van der Waals surface area contributed by atoms with Crippen molar-refractivity contribution in [2.75, 3.05) is 23.7 Å². The van der Waals surface area contributed by atoms with E-state index < -0.39 is 16.0 Å². The lowest BCUT2D eigenvalue weighted by Crippen LogP contribution is -2.45. The molecule has 1 saturated heterocycles. The maximum absolute atomic E-state index is 13.1. The molecule has 3 N–H and O–H groups in total. The molecule has 1 heterocycles. The van der Waals surface area contributed by atoms with Crippen molar-refractivity contribution in [1.29, 1.82) is 0 Å². The zero-order chi connectivity index (χ0) is 28.2. The van der Waals surface area contributed by atoms with Gasteiger partial charge < -0.3 is 15.7 Å². The maximum Gasteiger partial charge on any atom is 0.337 e. The van der Waals surface area contributed by atoms with Gasteiger partial charge in [0.2, 0.25) is 10.0 Å². The van der Waals surface area contributed by atoms with Gasteiger partial charge in [-0.1, -0.05) is 63.2 Å². The Labute approximate surface area is 230 Å². The molecule has 0 aliphatic carbocycles. The number of sulfonamides is 1. The van der Waals surface area contributed by atoms with Gasteiger partial charge in [0.05, 0.1) is 17.0 Å². The number of carboxylic acids is 1. The van der Waals surface area contributed by atoms with Crippen molar-refractivity contribution < 1.29 is 23.1 Å². The number of aromatic carboxylic acids is 1. The number of hydrogen-bond donors (Lipinski definition) is 3. The first kappa shape index (κ1) is 28.3. The highest BCUT2D eigenvalue weighted by atomic mass is 32.2. The molecule has 0 bridgehead atoms. The molecular formula is C30H35N3O5S. The van der Waals surface area contributed by atoms with Crippen LogP contribution in [0.5, 0.6) is 0 Å². The van der Waals surface area contributed by atoms with Gasteiger partial charge in [-0.05, 0) is 59.7 Å². The average Bonchev–Trinajstić information content (AvgIpc) is 2.89. The van der Waals surface area contributed by atoms with Gasteiger partial charge in [0.25, 0.3) is 5.91 Å². The lowest BCUT2D eigenvalue weighted by atomic mass is 9.87. The van der Waals surface area contributed by atoms with E-state index in [1.165, 1.54) is 10.4 Å². The number of rotatable bonds is 8. The van der Waals surface area contributed by atoms with Crippen molar-refractivity contribution in [2.45, 2.75) is 50.8 Å². The van der Waals surface area contributed by atoms with Crippen molar-refractivity contribution in [3.05, 3.63) is 95.1 Å². The van der Waals surface area contributed by atoms with Gasteiger partial charge in [0, 0.05) is 30.4 Å². The second-order valence-electron chi connectivity index (χ2n) is 10.9. The van der Waals surface area contributed by atoms with E-state index in [-0.39, 0.29) is 35.2 Å². The number of carboxylic acid groups (broad SMARTS) is 1. The maximum atomic E-state index is 13.1. The minimum absolute atomic E-state index is 0.0299. The molecule has 1 atom stereocenters. The molecule has 9 heteroatoms. The lowest BCUT2D eigenvalue weighted by molar-refractivity contribution is 0.0697. The van der Waals surface area contributed by atoms with Crippen LogP contribution in [0.2, 0.25) is 0 Å². The number of anilines is 2. The molecule has 1 aliphatic rings. The van der Waals surface area contributed by atoms with Gasteiger partial charge in [0.15, 0.2) is 0 Å². The molecule has 0 spiro atoms. The van der Waals surface area contributed by atoms with Crippen LogP contribution in [0.3, 0.4) is 0 Å². The Hall–Kier alpha value is -3.69. The number of piperidine rings is 1. The Morgan fingerprint density at radius 1 is 1.00 bits per heavy atom. The SMILES string of the molecule is CC(C)(C)c1ccc(C(=O)Nc2ccc(C(=O)O)c(NC3CCCN(S(=O)(=O)Cc4ccccc4)C3)c2)cc1. The fraction of sp³-hybridized carbons (Fsp3) is 0.333. The summed E-state index contributed by atoms with van der Waals surface area (Å²) in [7, 11) is -3.54. The first-order chi connectivity index (χ1) is 18.4. The molecule has 3 aromatic carbocycles. The predicted molar refractivity (Wildman–Crippen MR) is 154 cm³/mol. The summed E-state index contributed by atoms with van der Waals surface area (Å²) in [6, 6.07) is 20.7. The first-order valence-corrected chi connectivity index (χ1v) is 14.6. The summed E-state index contributed by atoms with van der Waals surface area (Å²) < 4.78 is 27.6. The van der Waals surface area contributed by atoms with Crippen LogP contribution in [-0.4, -0.2) is 48.8 Å². The highest BCUT2D eigenvalue weighted by Gasteiger charge is 2.29. The molecule has 206 valence electrons. The normalized spacial score (nSPS) is 16.4. The molecular weight excluding hydrogens is 514 g/mol. The molecule has 1 aliphatic heterocycles. The van der Waals surface area contributed by atoms with Crippen molar-refractivity contribution >= 4 is 33.3 Å². The quantitative estimate of drug-likeness (QED) is 0.349. The van der Waals surface area contributed by atoms with Gasteiger partial charge in [-0.15, -0.1) is 0 Å². The molecule has 0 aromatic heterocycles. The summed E-state index contributed by atoms with van der Waals surface area (Å²) in [4.78, 5) is 24.8. The fourth-order valence-corrected chi connectivity index (χ4v) is 6.27. The topological polar surface area (TPSA) is 116 Å². The van der Waals surface area contributed by atoms with Gasteiger partial charge >= 0.3 is 5.97 Å². The van der Waals surface area contributed by atoms with E-state index in [1.54, 1.807) is 36.4 Å². The number of carbonyl (C=O) groups is 2. The number of nitrogens with zero attached hydrogens (tertiary/aromatic N) is 1. The third kappa shape index (κ3) is 7.25. The van der Waals surface area contributed by atoms with Crippen LogP contribution in [0.25, 0.3) is 0 Å². The minimum atomic E-state index is -3.54. The van der Waals surface area contributed by atoms with E-state index in [0.717, 1.165) is 11.1 Å². The van der Waals surface area contributed by atoms with Gasteiger partial charge in [-0.3, -0.25) is 4.79 Å².